The van der Waals surface area contributed by atoms with Gasteiger partial charge >= 0.3 is 6.03 Å². The molecule has 0 radical (unpaired) electrons. The molecule has 2 atom stereocenters. The van der Waals surface area contributed by atoms with E-state index in [4.69, 9.17) is 4.43 Å². The first-order valence-electron chi connectivity index (χ1n) is 6.83. The zero-order valence-electron chi connectivity index (χ0n) is 13.0. The number of aliphatic hydroxyl groups is 1. The van der Waals surface area contributed by atoms with E-state index in [2.05, 4.69) is 44.5 Å². The van der Waals surface area contributed by atoms with Crippen LogP contribution in [0.5, 0.6) is 0 Å². The van der Waals surface area contributed by atoms with Gasteiger partial charge in [-0.15, -0.1) is 0 Å². The predicted octanol–water partition coefficient (Wildman–Crippen LogP) is 1.83. The summed E-state index contributed by atoms with van der Waals surface area (Å²) in [5.74, 6) is 0. The highest BCUT2D eigenvalue weighted by atomic mass is 28.4. The molecule has 0 aliphatic carbocycles. The Kier molecular flexibility index (Phi) is 4.69. The highest BCUT2D eigenvalue weighted by molar-refractivity contribution is 6.74. The first kappa shape index (κ1) is 16.5. The summed E-state index contributed by atoms with van der Waals surface area (Å²) in [6.07, 6.45) is 0.670. The van der Waals surface area contributed by atoms with Gasteiger partial charge in [-0.05, 0) is 31.5 Å². The van der Waals surface area contributed by atoms with E-state index >= 15 is 0 Å². The molecule has 1 saturated heterocycles. The van der Waals surface area contributed by atoms with E-state index in [9.17, 15) is 9.90 Å². The summed E-state index contributed by atoms with van der Waals surface area (Å²) in [5, 5.41) is 15.0. The van der Waals surface area contributed by atoms with Gasteiger partial charge in [0, 0.05) is 0 Å². The van der Waals surface area contributed by atoms with Gasteiger partial charge in [0.2, 0.25) is 0 Å². The molecule has 112 valence electrons. The summed E-state index contributed by atoms with van der Waals surface area (Å²) in [4.78, 5) is 11.6. The first-order valence-corrected chi connectivity index (χ1v) is 9.73. The summed E-state index contributed by atoms with van der Waals surface area (Å²) in [5.41, 5.74) is -0.411. The molecule has 2 amide bonds. The molecular weight excluding hydrogens is 260 g/mol. The number of hydrogen-bond acceptors (Lipinski definition) is 3. The summed E-state index contributed by atoms with van der Waals surface area (Å²) < 4.78 is 6.19. The third kappa shape index (κ3) is 4.19. The van der Waals surface area contributed by atoms with E-state index in [0.717, 1.165) is 0 Å². The molecule has 0 aromatic heterocycles. The average molecular weight is 288 g/mol. The van der Waals surface area contributed by atoms with Gasteiger partial charge < -0.3 is 20.2 Å². The van der Waals surface area contributed by atoms with E-state index in [0.29, 0.717) is 13.0 Å². The van der Waals surface area contributed by atoms with Crippen LogP contribution in [0.1, 0.15) is 34.1 Å². The van der Waals surface area contributed by atoms with Gasteiger partial charge in [0.05, 0.1) is 24.8 Å². The molecule has 0 aromatic carbocycles. The molecule has 1 heterocycles. The lowest BCUT2D eigenvalue weighted by Gasteiger charge is -2.43. The molecule has 0 saturated carbocycles. The third-order valence-electron chi connectivity index (χ3n) is 4.23. The van der Waals surface area contributed by atoms with Crippen molar-refractivity contribution in [3.05, 3.63) is 0 Å². The Balaban J connectivity index is 2.67. The van der Waals surface area contributed by atoms with Gasteiger partial charge in [-0.1, -0.05) is 20.8 Å². The van der Waals surface area contributed by atoms with Crippen LogP contribution in [0.3, 0.4) is 0 Å². The highest BCUT2D eigenvalue weighted by Crippen LogP contribution is 2.37. The second-order valence-corrected chi connectivity index (χ2v) is 12.1. The lowest BCUT2D eigenvalue weighted by Crippen LogP contribution is -2.64. The Labute approximate surface area is 117 Å². The molecule has 0 unspecified atom stereocenters. The van der Waals surface area contributed by atoms with Crippen LogP contribution in [-0.4, -0.2) is 44.2 Å². The van der Waals surface area contributed by atoms with Crippen molar-refractivity contribution in [2.75, 3.05) is 13.2 Å². The van der Waals surface area contributed by atoms with E-state index in [-0.39, 0.29) is 23.7 Å². The van der Waals surface area contributed by atoms with Crippen LogP contribution >= 0.6 is 0 Å². The van der Waals surface area contributed by atoms with Crippen molar-refractivity contribution >= 4 is 14.3 Å². The Bertz CT molecular complexity index is 341. The van der Waals surface area contributed by atoms with Crippen molar-refractivity contribution in [2.45, 2.75) is 63.8 Å². The van der Waals surface area contributed by atoms with Crippen LogP contribution in [0.2, 0.25) is 18.1 Å². The van der Waals surface area contributed by atoms with E-state index < -0.39 is 13.9 Å². The van der Waals surface area contributed by atoms with Crippen molar-refractivity contribution in [3.8, 4) is 0 Å². The van der Waals surface area contributed by atoms with Crippen LogP contribution < -0.4 is 10.6 Å². The maximum absolute atomic E-state index is 11.6. The van der Waals surface area contributed by atoms with Crippen LogP contribution in [0.15, 0.2) is 0 Å². The van der Waals surface area contributed by atoms with Crippen LogP contribution in [0, 0.1) is 0 Å². The lowest BCUT2D eigenvalue weighted by atomic mass is 9.92. The second-order valence-electron chi connectivity index (χ2n) is 7.29. The largest absolute Gasteiger partial charge is 0.414 e. The highest BCUT2D eigenvalue weighted by Gasteiger charge is 2.41. The molecule has 1 fully saturated rings. The van der Waals surface area contributed by atoms with Crippen LogP contribution in [0.4, 0.5) is 4.79 Å². The molecule has 1 aliphatic heterocycles. The van der Waals surface area contributed by atoms with Gasteiger partial charge in [-0.2, -0.15) is 0 Å². The minimum atomic E-state index is -1.82. The zero-order chi connectivity index (χ0) is 14.9. The van der Waals surface area contributed by atoms with Crippen LogP contribution in [0.25, 0.3) is 0 Å². The molecule has 0 bridgehead atoms. The Morgan fingerprint density at radius 3 is 2.53 bits per heavy atom. The molecule has 0 spiro atoms. The fourth-order valence-corrected chi connectivity index (χ4v) is 3.02. The van der Waals surface area contributed by atoms with Crippen molar-refractivity contribution in [3.63, 3.8) is 0 Å². The molecule has 19 heavy (non-hydrogen) atoms. The van der Waals surface area contributed by atoms with Crippen molar-refractivity contribution < 1.29 is 14.3 Å². The molecule has 3 N–H and O–H groups in total. The van der Waals surface area contributed by atoms with Crippen molar-refractivity contribution in [1.82, 2.24) is 10.6 Å². The summed E-state index contributed by atoms with van der Waals surface area (Å²) in [6.45, 7) is 13.4. The minimum absolute atomic E-state index is 0.0386. The number of carbonyl (C=O) groups excluding carboxylic acids is 1. The van der Waals surface area contributed by atoms with Crippen LogP contribution in [-0.2, 0) is 4.43 Å². The number of urea groups is 1. The second kappa shape index (κ2) is 5.42. The number of amides is 2. The first-order chi connectivity index (χ1) is 8.49. The zero-order valence-corrected chi connectivity index (χ0v) is 14.0. The molecule has 5 nitrogen and oxygen atoms in total. The summed E-state index contributed by atoms with van der Waals surface area (Å²) in [6, 6.07) is -0.423. The quantitative estimate of drug-likeness (QED) is 0.691. The predicted molar refractivity (Wildman–Crippen MR) is 78.7 cm³/mol. The molecule has 1 aliphatic rings. The van der Waals surface area contributed by atoms with Gasteiger partial charge in [0.15, 0.2) is 8.32 Å². The van der Waals surface area contributed by atoms with Crippen molar-refractivity contribution in [2.24, 2.45) is 0 Å². The Morgan fingerprint density at radius 2 is 2.05 bits per heavy atom. The standard InChI is InChI=1S/C13H28N2O3Si/c1-12(2,3)19(5,6)18-9-13(4)7-10(8-16)14-11(17)15-13/h10,16H,7-9H2,1-6H3,(H2,14,15,17)/t10-,13-/m1/s1. The van der Waals surface area contributed by atoms with Gasteiger partial charge in [0.25, 0.3) is 0 Å². The Morgan fingerprint density at radius 1 is 1.47 bits per heavy atom. The fourth-order valence-electron chi connectivity index (χ4n) is 1.90. The lowest BCUT2D eigenvalue weighted by molar-refractivity contribution is 0.120. The third-order valence-corrected chi connectivity index (χ3v) is 8.70. The van der Waals surface area contributed by atoms with Gasteiger partial charge in [-0.3, -0.25) is 0 Å². The number of rotatable bonds is 4. The molecular formula is C13H28N2O3Si. The average Bonchev–Trinajstić information content (AvgIpc) is 2.24. The smallest absolute Gasteiger partial charge is 0.315 e. The topological polar surface area (TPSA) is 70.6 Å². The number of nitrogens with one attached hydrogen (secondary N) is 2. The minimum Gasteiger partial charge on any atom is -0.414 e. The van der Waals surface area contributed by atoms with Gasteiger partial charge in [0.1, 0.15) is 0 Å². The van der Waals surface area contributed by atoms with E-state index in [1.807, 2.05) is 6.92 Å². The SMILES string of the molecule is CC(C)(C)[Si](C)(C)OC[C@@]1(C)C[C@H](CO)NC(=O)N1. The fraction of sp³-hybridized carbons (Fsp3) is 0.923. The Hall–Kier alpha value is -0.593. The number of aliphatic hydroxyl groups excluding tert-OH is 1. The number of hydrogen-bond donors (Lipinski definition) is 3. The maximum Gasteiger partial charge on any atom is 0.315 e. The summed E-state index contributed by atoms with van der Waals surface area (Å²) >= 11 is 0. The van der Waals surface area contributed by atoms with E-state index in [1.165, 1.54) is 0 Å². The molecule has 6 heteroatoms. The number of carbonyl (C=O) groups is 1. The normalized spacial score (nSPS) is 28.8. The monoisotopic (exact) mass is 288 g/mol. The van der Waals surface area contributed by atoms with Gasteiger partial charge in [-0.25, -0.2) is 4.79 Å². The maximum atomic E-state index is 11.6. The van der Waals surface area contributed by atoms with E-state index in [1.54, 1.807) is 0 Å². The molecule has 1 rings (SSSR count). The summed E-state index contributed by atoms with van der Waals surface area (Å²) in [7, 11) is -1.82. The van der Waals surface area contributed by atoms with Crippen molar-refractivity contribution in [1.29, 1.82) is 0 Å². The molecule has 0 aromatic rings.